The van der Waals surface area contributed by atoms with E-state index in [0.717, 1.165) is 5.69 Å². The molecule has 1 unspecified atom stereocenters. The van der Waals surface area contributed by atoms with Crippen molar-refractivity contribution in [3.8, 4) is 0 Å². The average molecular weight is 327 g/mol. The Morgan fingerprint density at radius 2 is 1.58 bits per heavy atom. The molecule has 1 amide bonds. The van der Waals surface area contributed by atoms with Gasteiger partial charge in [-0.15, -0.1) is 0 Å². The van der Waals surface area contributed by atoms with Crippen molar-refractivity contribution >= 4 is 23.2 Å². The number of rotatable bonds is 9. The van der Waals surface area contributed by atoms with E-state index in [0.29, 0.717) is 6.42 Å². The Labute approximate surface area is 143 Å². The smallest absolute Gasteiger partial charge is 0.228 e. The maximum atomic E-state index is 12.0. The molecule has 0 aliphatic rings. The highest BCUT2D eigenvalue weighted by molar-refractivity contribution is 5.95. The summed E-state index contributed by atoms with van der Waals surface area (Å²) >= 11 is 0. The van der Waals surface area contributed by atoms with E-state index in [1.165, 1.54) is 12.2 Å². The van der Waals surface area contributed by atoms with Gasteiger partial charge in [0.2, 0.25) is 5.91 Å². The fourth-order valence-corrected chi connectivity index (χ4v) is 1.88. The Bertz CT molecular complexity index is 615. The molecule has 1 aromatic carbocycles. The topological polar surface area (TPSA) is 63.2 Å². The quantitative estimate of drug-likeness (QED) is 0.699. The van der Waals surface area contributed by atoms with Crippen LogP contribution in [-0.2, 0) is 14.4 Å². The summed E-state index contributed by atoms with van der Waals surface area (Å²) in [6.07, 6.45) is 6.94. The molecule has 0 aliphatic carbocycles. The zero-order chi connectivity index (χ0) is 17.9. The van der Waals surface area contributed by atoms with Gasteiger partial charge in [0.05, 0.1) is 0 Å². The Balaban J connectivity index is 2.36. The molecule has 24 heavy (non-hydrogen) atoms. The number of hydrogen-bond donors (Lipinski definition) is 1. The number of allylic oxidation sites excluding steroid dienone is 3. The molecule has 1 atom stereocenters. The molecule has 128 valence electrons. The van der Waals surface area contributed by atoms with Crippen molar-refractivity contribution in [1.29, 1.82) is 0 Å². The van der Waals surface area contributed by atoms with Crippen molar-refractivity contribution in [2.24, 2.45) is 11.8 Å². The SMILES string of the molecule is CC(C)C(=O)/C=C/CC(C)C(=O)/C=C/CC(=O)Nc1ccccc1. The third-order valence-corrected chi connectivity index (χ3v) is 3.47. The predicted molar refractivity (Wildman–Crippen MR) is 96.6 cm³/mol. The summed E-state index contributed by atoms with van der Waals surface area (Å²) in [7, 11) is 0. The van der Waals surface area contributed by atoms with Crippen molar-refractivity contribution in [3.05, 3.63) is 54.6 Å². The largest absolute Gasteiger partial charge is 0.326 e. The molecule has 0 heterocycles. The summed E-state index contributed by atoms with van der Waals surface area (Å²) in [6.45, 7) is 5.48. The van der Waals surface area contributed by atoms with Gasteiger partial charge in [-0.1, -0.05) is 51.1 Å². The van der Waals surface area contributed by atoms with Crippen LogP contribution in [0.5, 0.6) is 0 Å². The third kappa shape index (κ3) is 7.68. The molecular formula is C20H25NO3. The van der Waals surface area contributed by atoms with Gasteiger partial charge in [0, 0.05) is 23.9 Å². The first-order valence-electron chi connectivity index (χ1n) is 8.15. The normalized spacial score (nSPS) is 12.7. The molecule has 0 aromatic heterocycles. The van der Waals surface area contributed by atoms with Gasteiger partial charge in [0.1, 0.15) is 0 Å². The molecule has 0 fully saturated rings. The summed E-state index contributed by atoms with van der Waals surface area (Å²) in [5.41, 5.74) is 0.732. The van der Waals surface area contributed by atoms with E-state index in [2.05, 4.69) is 5.32 Å². The number of benzene rings is 1. The lowest BCUT2D eigenvalue weighted by molar-refractivity contribution is -0.118. The summed E-state index contributed by atoms with van der Waals surface area (Å²) in [5.74, 6) is -0.405. The van der Waals surface area contributed by atoms with E-state index in [4.69, 9.17) is 0 Å². The first-order chi connectivity index (χ1) is 11.4. The second-order valence-corrected chi connectivity index (χ2v) is 6.02. The highest BCUT2D eigenvalue weighted by Crippen LogP contribution is 2.08. The number of amides is 1. The van der Waals surface area contributed by atoms with Crippen molar-refractivity contribution in [3.63, 3.8) is 0 Å². The average Bonchev–Trinajstić information content (AvgIpc) is 2.55. The molecule has 0 saturated heterocycles. The highest BCUT2D eigenvalue weighted by Gasteiger charge is 2.09. The lowest BCUT2D eigenvalue weighted by Crippen LogP contribution is -2.11. The summed E-state index contributed by atoms with van der Waals surface area (Å²) in [4.78, 5) is 35.2. The van der Waals surface area contributed by atoms with Crippen LogP contribution in [0.2, 0.25) is 0 Å². The molecule has 1 rings (SSSR count). The van der Waals surface area contributed by atoms with Crippen LogP contribution in [0.4, 0.5) is 5.69 Å². The summed E-state index contributed by atoms with van der Waals surface area (Å²) in [5, 5.41) is 2.75. The lowest BCUT2D eigenvalue weighted by Gasteiger charge is -2.04. The van der Waals surface area contributed by atoms with Gasteiger partial charge in [-0.25, -0.2) is 0 Å². The van der Waals surface area contributed by atoms with E-state index in [1.54, 1.807) is 31.2 Å². The number of hydrogen-bond acceptors (Lipinski definition) is 3. The van der Waals surface area contributed by atoms with Gasteiger partial charge in [-0.3, -0.25) is 14.4 Å². The van der Waals surface area contributed by atoms with Gasteiger partial charge in [0.25, 0.3) is 0 Å². The zero-order valence-corrected chi connectivity index (χ0v) is 14.5. The number of para-hydroxylation sites is 1. The molecule has 0 aliphatic heterocycles. The van der Waals surface area contributed by atoms with E-state index >= 15 is 0 Å². The lowest BCUT2D eigenvalue weighted by atomic mass is 10.0. The van der Waals surface area contributed by atoms with E-state index in [9.17, 15) is 14.4 Å². The van der Waals surface area contributed by atoms with Crippen LogP contribution in [0.15, 0.2) is 54.6 Å². The monoisotopic (exact) mass is 327 g/mol. The molecule has 0 radical (unpaired) electrons. The molecule has 4 nitrogen and oxygen atoms in total. The minimum absolute atomic E-state index is 0.0321. The zero-order valence-electron chi connectivity index (χ0n) is 14.5. The minimum atomic E-state index is -0.213. The van der Waals surface area contributed by atoms with Crippen LogP contribution < -0.4 is 5.32 Å². The van der Waals surface area contributed by atoms with Crippen LogP contribution in [0.1, 0.15) is 33.6 Å². The van der Waals surface area contributed by atoms with Crippen LogP contribution in [0, 0.1) is 11.8 Å². The predicted octanol–water partition coefficient (Wildman–Crippen LogP) is 3.95. The van der Waals surface area contributed by atoms with Crippen LogP contribution >= 0.6 is 0 Å². The molecule has 0 saturated carbocycles. The third-order valence-electron chi connectivity index (χ3n) is 3.47. The maximum absolute atomic E-state index is 12.0. The molecule has 0 spiro atoms. The van der Waals surface area contributed by atoms with Gasteiger partial charge in [-0.2, -0.15) is 0 Å². The van der Waals surface area contributed by atoms with Gasteiger partial charge >= 0.3 is 0 Å². The number of nitrogens with one attached hydrogen (secondary N) is 1. The first-order valence-corrected chi connectivity index (χ1v) is 8.15. The summed E-state index contributed by atoms with van der Waals surface area (Å²) < 4.78 is 0. The first kappa shape index (κ1) is 19.6. The van der Waals surface area contributed by atoms with Crippen molar-refractivity contribution in [1.82, 2.24) is 0 Å². The van der Waals surface area contributed by atoms with Crippen LogP contribution in [0.3, 0.4) is 0 Å². The molecule has 0 bridgehead atoms. The Kier molecular flexibility index (Phi) is 8.41. The number of ketones is 2. The minimum Gasteiger partial charge on any atom is -0.326 e. The number of anilines is 1. The Morgan fingerprint density at radius 1 is 0.958 bits per heavy atom. The van der Waals surface area contributed by atoms with Gasteiger partial charge in [-0.05, 0) is 30.7 Å². The molecule has 1 N–H and O–H groups in total. The van der Waals surface area contributed by atoms with E-state index in [1.807, 2.05) is 32.0 Å². The van der Waals surface area contributed by atoms with E-state index < -0.39 is 0 Å². The fourth-order valence-electron chi connectivity index (χ4n) is 1.88. The van der Waals surface area contributed by atoms with Crippen LogP contribution in [0.25, 0.3) is 0 Å². The number of carbonyl (C=O) groups excluding carboxylic acids is 3. The highest BCUT2D eigenvalue weighted by atomic mass is 16.1. The maximum Gasteiger partial charge on any atom is 0.228 e. The Hall–Kier alpha value is -2.49. The van der Waals surface area contributed by atoms with Crippen LogP contribution in [-0.4, -0.2) is 17.5 Å². The molecular weight excluding hydrogens is 302 g/mol. The van der Waals surface area contributed by atoms with E-state index in [-0.39, 0.29) is 35.7 Å². The second kappa shape index (κ2) is 10.3. The van der Waals surface area contributed by atoms with Crippen molar-refractivity contribution in [2.75, 3.05) is 5.32 Å². The fraction of sp³-hybridized carbons (Fsp3) is 0.350. The van der Waals surface area contributed by atoms with Gasteiger partial charge in [0.15, 0.2) is 11.6 Å². The van der Waals surface area contributed by atoms with Gasteiger partial charge < -0.3 is 5.32 Å². The standard InChI is InChI=1S/C20H25NO3/c1-15(2)18(22)12-7-9-16(3)19(23)13-8-14-20(24)21-17-10-5-4-6-11-17/h4-8,10-13,15-16H,9,14H2,1-3H3,(H,21,24)/b12-7+,13-8+. The van der Waals surface area contributed by atoms with Crippen molar-refractivity contribution < 1.29 is 14.4 Å². The van der Waals surface area contributed by atoms with Crippen molar-refractivity contribution in [2.45, 2.75) is 33.6 Å². The summed E-state index contributed by atoms with van der Waals surface area (Å²) in [6, 6.07) is 9.17. The molecule has 4 heteroatoms. The second-order valence-electron chi connectivity index (χ2n) is 6.02. The number of carbonyl (C=O) groups is 3. The Morgan fingerprint density at radius 3 is 2.21 bits per heavy atom. The molecule has 1 aromatic rings.